The minimum Gasteiger partial charge on any atom is -0.381 e. The number of rotatable bonds is 3. The molecule has 0 aliphatic carbocycles. The van der Waals surface area contributed by atoms with Crippen molar-refractivity contribution in [2.45, 2.75) is 6.42 Å². The molecule has 0 radical (unpaired) electrons. The first-order chi connectivity index (χ1) is 6.45. The van der Waals surface area contributed by atoms with Gasteiger partial charge in [-0.15, -0.1) is 0 Å². The molecule has 0 bridgehead atoms. The van der Waals surface area contributed by atoms with Crippen LogP contribution in [0.2, 0.25) is 0 Å². The highest BCUT2D eigenvalue weighted by Gasteiger charge is 2.14. The summed E-state index contributed by atoms with van der Waals surface area (Å²) in [6.45, 7) is 2.69. The van der Waals surface area contributed by atoms with E-state index >= 15 is 0 Å². The Kier molecular flexibility index (Phi) is 2.72. The molecule has 0 aromatic carbocycles. The maximum absolute atomic E-state index is 5.27. The van der Waals surface area contributed by atoms with E-state index in [9.17, 15) is 0 Å². The molecule has 0 saturated carbocycles. The highest BCUT2D eigenvalue weighted by molar-refractivity contribution is 5.29. The fourth-order valence-electron chi connectivity index (χ4n) is 1.38. The summed E-state index contributed by atoms with van der Waals surface area (Å²) in [5.41, 5.74) is 0. The Bertz CT molecular complexity index is 246. The smallest absolute Gasteiger partial charge is 0.144 e. The maximum Gasteiger partial charge on any atom is 0.144 e. The minimum absolute atomic E-state index is 0.627. The Hall–Kier alpha value is -1.16. The van der Waals surface area contributed by atoms with Crippen LogP contribution in [0.4, 0.5) is 5.82 Å². The van der Waals surface area contributed by atoms with Crippen molar-refractivity contribution < 1.29 is 4.74 Å². The van der Waals surface area contributed by atoms with E-state index in [0.29, 0.717) is 5.92 Å². The van der Waals surface area contributed by atoms with Crippen LogP contribution in [-0.4, -0.2) is 29.7 Å². The van der Waals surface area contributed by atoms with Gasteiger partial charge in [0.25, 0.3) is 0 Å². The Balaban J connectivity index is 1.79. The molecule has 1 atom stereocenters. The second kappa shape index (κ2) is 4.18. The van der Waals surface area contributed by atoms with E-state index in [2.05, 4.69) is 15.3 Å². The van der Waals surface area contributed by atoms with Crippen LogP contribution in [0, 0.1) is 5.92 Å². The van der Waals surface area contributed by atoms with Crippen molar-refractivity contribution >= 4 is 5.82 Å². The zero-order valence-corrected chi connectivity index (χ0v) is 7.44. The monoisotopic (exact) mass is 179 g/mol. The summed E-state index contributed by atoms with van der Waals surface area (Å²) in [6.07, 6.45) is 6.24. The van der Waals surface area contributed by atoms with Crippen molar-refractivity contribution in [3.8, 4) is 0 Å². The molecule has 1 unspecified atom stereocenters. The molecule has 2 heterocycles. The number of aromatic nitrogens is 2. The number of nitrogens with zero attached hydrogens (tertiary/aromatic N) is 2. The third kappa shape index (κ3) is 2.39. The average Bonchev–Trinajstić information content (AvgIpc) is 2.69. The normalized spacial score (nSPS) is 21.7. The van der Waals surface area contributed by atoms with Crippen molar-refractivity contribution in [1.29, 1.82) is 0 Å². The van der Waals surface area contributed by atoms with Crippen LogP contribution in [-0.2, 0) is 4.74 Å². The third-order valence-corrected chi connectivity index (χ3v) is 2.16. The first-order valence-electron chi connectivity index (χ1n) is 4.53. The summed E-state index contributed by atoms with van der Waals surface area (Å²) in [5, 5.41) is 3.23. The molecular weight excluding hydrogens is 166 g/mol. The molecular formula is C9H13N3O. The van der Waals surface area contributed by atoms with Gasteiger partial charge in [-0.3, -0.25) is 4.98 Å². The van der Waals surface area contributed by atoms with E-state index in [1.54, 1.807) is 18.6 Å². The van der Waals surface area contributed by atoms with E-state index in [0.717, 1.165) is 32.0 Å². The van der Waals surface area contributed by atoms with Gasteiger partial charge in [-0.1, -0.05) is 0 Å². The Morgan fingerprint density at radius 1 is 1.54 bits per heavy atom. The molecule has 1 aromatic heterocycles. The van der Waals surface area contributed by atoms with E-state index < -0.39 is 0 Å². The lowest BCUT2D eigenvalue weighted by Crippen LogP contribution is -2.14. The van der Waals surface area contributed by atoms with Crippen LogP contribution in [0.5, 0.6) is 0 Å². The van der Waals surface area contributed by atoms with Crippen LogP contribution in [0.15, 0.2) is 18.6 Å². The average molecular weight is 179 g/mol. The molecule has 4 heteroatoms. The van der Waals surface area contributed by atoms with Crippen molar-refractivity contribution in [2.24, 2.45) is 5.92 Å². The van der Waals surface area contributed by atoms with E-state index in [1.807, 2.05) is 0 Å². The number of anilines is 1. The van der Waals surface area contributed by atoms with Crippen molar-refractivity contribution in [3.63, 3.8) is 0 Å². The molecule has 13 heavy (non-hydrogen) atoms. The Morgan fingerprint density at radius 3 is 3.23 bits per heavy atom. The molecule has 1 N–H and O–H groups in total. The van der Waals surface area contributed by atoms with Crippen LogP contribution < -0.4 is 5.32 Å². The lowest BCUT2D eigenvalue weighted by atomic mass is 10.1. The van der Waals surface area contributed by atoms with Gasteiger partial charge < -0.3 is 10.1 Å². The Morgan fingerprint density at radius 2 is 2.54 bits per heavy atom. The SMILES string of the molecule is c1cnc(NCC2CCOC2)cn1. The van der Waals surface area contributed by atoms with E-state index in [-0.39, 0.29) is 0 Å². The summed E-state index contributed by atoms with van der Waals surface area (Å²) in [5.74, 6) is 1.47. The number of nitrogens with one attached hydrogen (secondary N) is 1. The van der Waals surface area contributed by atoms with Gasteiger partial charge in [-0.25, -0.2) is 4.98 Å². The van der Waals surface area contributed by atoms with Crippen LogP contribution in [0.3, 0.4) is 0 Å². The van der Waals surface area contributed by atoms with E-state index in [1.165, 1.54) is 0 Å². The topological polar surface area (TPSA) is 47.0 Å². The molecule has 0 spiro atoms. The fraction of sp³-hybridized carbons (Fsp3) is 0.556. The predicted molar refractivity (Wildman–Crippen MR) is 49.4 cm³/mol. The molecule has 1 fully saturated rings. The van der Waals surface area contributed by atoms with Crippen molar-refractivity contribution in [3.05, 3.63) is 18.6 Å². The molecule has 1 saturated heterocycles. The fourth-order valence-corrected chi connectivity index (χ4v) is 1.38. The first-order valence-corrected chi connectivity index (χ1v) is 4.53. The first kappa shape index (κ1) is 8.44. The largest absolute Gasteiger partial charge is 0.381 e. The molecule has 1 aliphatic heterocycles. The lowest BCUT2D eigenvalue weighted by Gasteiger charge is -2.08. The third-order valence-electron chi connectivity index (χ3n) is 2.16. The highest BCUT2D eigenvalue weighted by Crippen LogP contribution is 2.12. The van der Waals surface area contributed by atoms with Gasteiger partial charge in [0.05, 0.1) is 12.8 Å². The van der Waals surface area contributed by atoms with Crippen molar-refractivity contribution in [2.75, 3.05) is 25.1 Å². The molecule has 1 aliphatic rings. The zero-order valence-electron chi connectivity index (χ0n) is 7.44. The van der Waals surface area contributed by atoms with Gasteiger partial charge in [0.2, 0.25) is 0 Å². The second-order valence-electron chi connectivity index (χ2n) is 3.20. The quantitative estimate of drug-likeness (QED) is 0.749. The Labute approximate surface area is 77.4 Å². The number of hydrogen-bond donors (Lipinski definition) is 1. The van der Waals surface area contributed by atoms with Gasteiger partial charge in [-0.05, 0) is 6.42 Å². The van der Waals surface area contributed by atoms with Crippen LogP contribution in [0.1, 0.15) is 6.42 Å². The highest BCUT2D eigenvalue weighted by atomic mass is 16.5. The van der Waals surface area contributed by atoms with Crippen molar-refractivity contribution in [1.82, 2.24) is 9.97 Å². The van der Waals surface area contributed by atoms with Gasteiger partial charge in [0, 0.05) is 31.5 Å². The van der Waals surface area contributed by atoms with Crippen LogP contribution >= 0.6 is 0 Å². The number of ether oxygens (including phenoxy) is 1. The summed E-state index contributed by atoms with van der Waals surface area (Å²) < 4.78 is 5.27. The maximum atomic E-state index is 5.27. The van der Waals surface area contributed by atoms with Gasteiger partial charge in [-0.2, -0.15) is 0 Å². The predicted octanol–water partition coefficient (Wildman–Crippen LogP) is 0.925. The molecule has 4 nitrogen and oxygen atoms in total. The summed E-state index contributed by atoms with van der Waals surface area (Å²) >= 11 is 0. The zero-order chi connectivity index (χ0) is 8.93. The molecule has 0 amide bonds. The lowest BCUT2D eigenvalue weighted by molar-refractivity contribution is 0.187. The molecule has 70 valence electrons. The van der Waals surface area contributed by atoms with Crippen LogP contribution in [0.25, 0.3) is 0 Å². The summed E-state index contributed by atoms with van der Waals surface area (Å²) in [4.78, 5) is 8.10. The van der Waals surface area contributed by atoms with E-state index in [4.69, 9.17) is 4.74 Å². The molecule has 2 rings (SSSR count). The van der Waals surface area contributed by atoms with Gasteiger partial charge >= 0.3 is 0 Å². The summed E-state index contributed by atoms with van der Waals surface area (Å²) in [6, 6.07) is 0. The number of hydrogen-bond acceptors (Lipinski definition) is 4. The van der Waals surface area contributed by atoms with Gasteiger partial charge in [0.1, 0.15) is 5.82 Å². The van der Waals surface area contributed by atoms with Gasteiger partial charge in [0.15, 0.2) is 0 Å². The second-order valence-corrected chi connectivity index (χ2v) is 3.20. The standard InChI is InChI=1S/C9H13N3O/c1-4-13-7-8(1)5-12-9-6-10-2-3-11-9/h2-3,6,8H,1,4-5,7H2,(H,11,12). The summed E-state index contributed by atoms with van der Waals surface area (Å²) in [7, 11) is 0. The molecule has 1 aromatic rings. The minimum atomic E-state index is 0.627.